The number of benzene rings is 2. The number of non-ortho nitro benzene ring substituents is 1. The molecule has 0 amide bonds. The van der Waals surface area contributed by atoms with Gasteiger partial charge in [0.05, 0.1) is 33.3 Å². The van der Waals surface area contributed by atoms with Crippen LogP contribution >= 0.6 is 22.6 Å². The van der Waals surface area contributed by atoms with Gasteiger partial charge in [0.15, 0.2) is 11.5 Å². The van der Waals surface area contributed by atoms with E-state index in [1.807, 2.05) is 26.0 Å². The summed E-state index contributed by atoms with van der Waals surface area (Å²) in [5, 5.41) is 20.3. The normalized spacial score (nSPS) is 12.2. The van der Waals surface area contributed by atoms with Gasteiger partial charge in [-0.25, -0.2) is 0 Å². The molecule has 0 spiro atoms. The van der Waals surface area contributed by atoms with Gasteiger partial charge in [0.2, 0.25) is 0 Å². The van der Waals surface area contributed by atoms with Gasteiger partial charge in [-0.3, -0.25) is 10.1 Å². The van der Waals surface area contributed by atoms with Gasteiger partial charge in [0.1, 0.15) is 0 Å². The summed E-state index contributed by atoms with van der Waals surface area (Å²) in [6.45, 7) is 4.04. The minimum absolute atomic E-state index is 0.0150. The Hall–Kier alpha value is -2.60. The fraction of sp³-hybridized carbons (Fsp3) is 0.250. The molecule has 0 aliphatic carbocycles. The highest BCUT2D eigenvalue weighted by Crippen LogP contribution is 2.36. The topological polar surface area (TPSA) is 85.4 Å². The first-order valence-corrected chi connectivity index (χ1v) is 9.38. The molecule has 1 atom stereocenters. The highest BCUT2D eigenvalue weighted by molar-refractivity contribution is 14.1. The lowest BCUT2D eigenvalue weighted by molar-refractivity contribution is -0.384. The Morgan fingerprint density at radius 3 is 2.56 bits per heavy atom. The van der Waals surface area contributed by atoms with Crippen molar-refractivity contribution >= 4 is 39.9 Å². The number of nitro benzene ring substituents is 1. The summed E-state index contributed by atoms with van der Waals surface area (Å²) in [5.74, 6) is 1.27. The van der Waals surface area contributed by atoms with Crippen LogP contribution in [0.5, 0.6) is 11.5 Å². The lowest BCUT2D eigenvalue weighted by Crippen LogP contribution is -2.11. The SMILES string of the molecule is CC[C@H](C)Oc1c(I)cc(/C=C(/C#N)c2ccc([N+](=O)[O-])cc2)cc1OC. The molecule has 0 unspecified atom stereocenters. The maximum absolute atomic E-state index is 10.8. The number of methoxy groups -OCH3 is 1. The Labute approximate surface area is 171 Å². The highest BCUT2D eigenvalue weighted by Gasteiger charge is 2.14. The predicted molar refractivity (Wildman–Crippen MR) is 113 cm³/mol. The number of halogens is 1. The summed E-state index contributed by atoms with van der Waals surface area (Å²) in [7, 11) is 1.57. The lowest BCUT2D eigenvalue weighted by atomic mass is 10.0. The van der Waals surface area contributed by atoms with E-state index in [2.05, 4.69) is 28.7 Å². The number of nitro groups is 1. The van der Waals surface area contributed by atoms with Crippen LogP contribution in [0.4, 0.5) is 5.69 Å². The van der Waals surface area contributed by atoms with Crippen LogP contribution in [-0.4, -0.2) is 18.1 Å². The van der Waals surface area contributed by atoms with Gasteiger partial charge in [-0.15, -0.1) is 0 Å². The Kier molecular flexibility index (Phi) is 7.19. The van der Waals surface area contributed by atoms with Crippen molar-refractivity contribution < 1.29 is 14.4 Å². The number of rotatable bonds is 7. The largest absolute Gasteiger partial charge is 0.493 e. The van der Waals surface area contributed by atoms with Crippen LogP contribution in [-0.2, 0) is 0 Å². The number of hydrogen-bond acceptors (Lipinski definition) is 5. The average Bonchev–Trinajstić information content (AvgIpc) is 2.67. The summed E-state index contributed by atoms with van der Waals surface area (Å²) >= 11 is 2.18. The van der Waals surface area contributed by atoms with E-state index in [0.29, 0.717) is 22.6 Å². The van der Waals surface area contributed by atoms with Gasteiger partial charge in [-0.1, -0.05) is 6.92 Å². The zero-order valence-electron chi connectivity index (χ0n) is 15.2. The van der Waals surface area contributed by atoms with Crippen molar-refractivity contribution in [1.82, 2.24) is 0 Å². The summed E-state index contributed by atoms with van der Waals surface area (Å²) in [4.78, 5) is 10.3. The minimum Gasteiger partial charge on any atom is -0.493 e. The van der Waals surface area contributed by atoms with Crippen LogP contribution < -0.4 is 9.47 Å². The first kappa shape index (κ1) is 20.7. The number of nitriles is 1. The van der Waals surface area contributed by atoms with Crippen molar-refractivity contribution in [3.8, 4) is 17.6 Å². The maximum atomic E-state index is 10.8. The lowest BCUT2D eigenvalue weighted by Gasteiger charge is -2.17. The molecule has 6 nitrogen and oxygen atoms in total. The second-order valence-electron chi connectivity index (χ2n) is 5.84. The molecule has 0 aliphatic heterocycles. The summed E-state index contributed by atoms with van der Waals surface area (Å²) in [5.41, 5.74) is 1.77. The van der Waals surface area contributed by atoms with E-state index < -0.39 is 4.92 Å². The van der Waals surface area contributed by atoms with Gasteiger partial charge >= 0.3 is 0 Å². The molecule has 140 valence electrons. The maximum Gasteiger partial charge on any atom is 0.269 e. The quantitative estimate of drug-likeness (QED) is 0.174. The molecule has 0 aliphatic rings. The molecule has 0 saturated heterocycles. The third-order valence-electron chi connectivity index (χ3n) is 3.97. The molecule has 2 aromatic rings. The fourth-order valence-electron chi connectivity index (χ4n) is 2.33. The molecular formula is C20H19IN2O4. The third kappa shape index (κ3) is 5.20. The molecule has 0 heterocycles. The molecule has 2 rings (SSSR count). The van der Waals surface area contributed by atoms with Crippen molar-refractivity contribution in [3.63, 3.8) is 0 Å². The number of nitrogens with zero attached hydrogens (tertiary/aromatic N) is 2. The van der Waals surface area contributed by atoms with Crippen molar-refractivity contribution in [3.05, 3.63) is 61.2 Å². The second kappa shape index (κ2) is 9.37. The van der Waals surface area contributed by atoms with Crippen molar-refractivity contribution in [1.29, 1.82) is 5.26 Å². The number of ether oxygens (including phenoxy) is 2. The summed E-state index contributed by atoms with van der Waals surface area (Å²) in [6.07, 6.45) is 2.65. The Balaban J connectivity index is 2.42. The Bertz CT molecular complexity index is 901. The molecule has 0 bridgehead atoms. The predicted octanol–water partition coefficient (Wildman–Crippen LogP) is 5.45. The van der Waals surface area contributed by atoms with Gasteiger partial charge in [-0.2, -0.15) is 5.26 Å². The van der Waals surface area contributed by atoms with Gasteiger partial charge in [0.25, 0.3) is 5.69 Å². The number of hydrogen-bond donors (Lipinski definition) is 0. The van der Waals surface area contributed by atoms with Crippen molar-refractivity contribution in [2.24, 2.45) is 0 Å². The van der Waals surface area contributed by atoms with Gasteiger partial charge < -0.3 is 9.47 Å². The van der Waals surface area contributed by atoms with E-state index in [-0.39, 0.29) is 11.8 Å². The third-order valence-corrected chi connectivity index (χ3v) is 4.77. The van der Waals surface area contributed by atoms with E-state index in [1.54, 1.807) is 25.3 Å². The zero-order chi connectivity index (χ0) is 20.0. The van der Waals surface area contributed by atoms with Crippen LogP contribution in [0.3, 0.4) is 0 Å². The molecule has 2 aromatic carbocycles. The molecular weight excluding hydrogens is 459 g/mol. The van der Waals surface area contributed by atoms with Crippen molar-refractivity contribution in [2.75, 3.05) is 7.11 Å². The van der Waals surface area contributed by atoms with E-state index in [1.165, 1.54) is 12.1 Å². The van der Waals surface area contributed by atoms with Crippen LogP contribution in [0.15, 0.2) is 36.4 Å². The molecule has 0 N–H and O–H groups in total. The van der Waals surface area contributed by atoms with E-state index >= 15 is 0 Å². The monoisotopic (exact) mass is 478 g/mol. The molecule has 27 heavy (non-hydrogen) atoms. The van der Waals surface area contributed by atoms with Crippen LogP contribution in [0.1, 0.15) is 31.4 Å². The first-order valence-electron chi connectivity index (χ1n) is 8.30. The van der Waals surface area contributed by atoms with Gasteiger partial charge in [0, 0.05) is 12.1 Å². The van der Waals surface area contributed by atoms with Crippen LogP contribution in [0.2, 0.25) is 0 Å². The molecule has 7 heteroatoms. The molecule has 0 saturated carbocycles. The van der Waals surface area contributed by atoms with E-state index in [0.717, 1.165) is 15.6 Å². The summed E-state index contributed by atoms with van der Waals surface area (Å²) < 4.78 is 12.3. The van der Waals surface area contributed by atoms with Crippen molar-refractivity contribution in [2.45, 2.75) is 26.4 Å². The Morgan fingerprint density at radius 1 is 1.37 bits per heavy atom. The second-order valence-corrected chi connectivity index (χ2v) is 7.01. The van der Waals surface area contributed by atoms with Gasteiger partial charge in [-0.05, 0) is 77.4 Å². The van der Waals surface area contributed by atoms with E-state index in [9.17, 15) is 15.4 Å². The Morgan fingerprint density at radius 2 is 2.04 bits per heavy atom. The van der Waals surface area contributed by atoms with Crippen LogP contribution in [0.25, 0.3) is 11.6 Å². The fourth-order valence-corrected chi connectivity index (χ4v) is 3.08. The zero-order valence-corrected chi connectivity index (χ0v) is 17.4. The van der Waals surface area contributed by atoms with Crippen LogP contribution in [0, 0.1) is 25.0 Å². The first-order chi connectivity index (χ1) is 12.9. The average molecular weight is 478 g/mol. The minimum atomic E-state index is -0.469. The van der Waals surface area contributed by atoms with E-state index in [4.69, 9.17) is 9.47 Å². The molecule has 0 aromatic heterocycles. The standard InChI is InChI=1S/C20H19IN2O4/c1-4-13(2)27-20-18(21)10-14(11-19(20)26-3)9-16(12-22)15-5-7-17(8-6-15)23(24)25/h5-11,13H,4H2,1-3H3/b16-9-/t13-/m0/s1. The molecule has 0 fully saturated rings. The summed E-state index contributed by atoms with van der Waals surface area (Å²) in [6, 6.07) is 11.8. The smallest absolute Gasteiger partial charge is 0.269 e. The number of allylic oxidation sites excluding steroid dienone is 1. The molecule has 0 radical (unpaired) electrons. The highest BCUT2D eigenvalue weighted by atomic mass is 127.